The number of nitrogens with two attached hydrogens (primary N) is 2. The topological polar surface area (TPSA) is 283 Å². The zero-order chi connectivity index (χ0) is 33.8. The van der Waals surface area contributed by atoms with Crippen LogP contribution in [0.3, 0.4) is 0 Å². The standard InChI is InChI=1S/C24H30N10O10S2/c1-24(2)19(21(36)34(24)44-46(39,40)41)28-20(35)18(15-12-45-23(26)27-15)31-43-16(22(37)38)11-42-17-6-5-14(29-30-17)13-9-32(3)33(10-13)8-4-7-25/h5-6,9-10,12,16,19H,4,7-8,11,25H2,1-3H3,(H4-,26,27,28,35,37,38,39,40,41)/b31-18-/t16-,19?/m0/s1. The highest BCUT2D eigenvalue weighted by Gasteiger charge is 2.57. The van der Waals surface area contributed by atoms with Crippen molar-refractivity contribution in [3.63, 3.8) is 0 Å². The molecule has 1 unspecified atom stereocenters. The Bertz CT molecular complexity index is 1740. The van der Waals surface area contributed by atoms with E-state index in [-0.39, 0.29) is 16.7 Å². The van der Waals surface area contributed by atoms with Crippen LogP contribution in [0.2, 0.25) is 0 Å². The lowest BCUT2D eigenvalue weighted by atomic mass is 9.84. The van der Waals surface area contributed by atoms with Gasteiger partial charge in [-0.25, -0.2) is 18.2 Å². The van der Waals surface area contributed by atoms with Crippen molar-refractivity contribution in [2.75, 3.05) is 18.9 Å². The number of aliphatic carboxylic acids is 1. The van der Waals surface area contributed by atoms with Crippen LogP contribution in [0, 0.1) is 0 Å². The lowest BCUT2D eigenvalue weighted by molar-refractivity contribution is -0.753. The molecule has 2 amide bonds. The number of hydrogen-bond donors (Lipinski definition) is 4. The second-order valence-electron chi connectivity index (χ2n) is 10.3. The molecule has 1 saturated heterocycles. The summed E-state index contributed by atoms with van der Waals surface area (Å²) >= 11 is 0.939. The molecule has 3 aromatic rings. The summed E-state index contributed by atoms with van der Waals surface area (Å²) < 4.78 is 46.4. The van der Waals surface area contributed by atoms with Gasteiger partial charge in [0.2, 0.25) is 22.5 Å². The summed E-state index contributed by atoms with van der Waals surface area (Å²) in [4.78, 5) is 46.6. The molecule has 4 rings (SSSR count). The van der Waals surface area contributed by atoms with Gasteiger partial charge >= 0.3 is 5.97 Å². The number of hydroxylamine groups is 2. The van der Waals surface area contributed by atoms with Crippen LogP contribution in [0.4, 0.5) is 5.13 Å². The molecule has 22 heteroatoms. The van der Waals surface area contributed by atoms with Crippen molar-refractivity contribution in [1.82, 2.24) is 30.2 Å². The summed E-state index contributed by atoms with van der Waals surface area (Å²) in [5.74, 6) is -3.62. The minimum atomic E-state index is -5.27. The minimum Gasteiger partial charge on any atom is -0.724 e. The highest BCUT2D eigenvalue weighted by atomic mass is 32.3. The van der Waals surface area contributed by atoms with Gasteiger partial charge in [-0.3, -0.25) is 9.59 Å². The first-order chi connectivity index (χ1) is 21.6. The molecule has 1 aliphatic heterocycles. The predicted molar refractivity (Wildman–Crippen MR) is 155 cm³/mol. The number of aryl methyl sites for hydroxylation is 2. The van der Waals surface area contributed by atoms with E-state index in [0.717, 1.165) is 29.9 Å². The van der Waals surface area contributed by atoms with Gasteiger partial charge in [-0.2, -0.15) is 14.0 Å². The Morgan fingerprint density at radius 2 is 2.07 bits per heavy atom. The van der Waals surface area contributed by atoms with Crippen molar-refractivity contribution < 1.29 is 51.0 Å². The molecular formula is C24H30N10O10S2. The van der Waals surface area contributed by atoms with Crippen LogP contribution in [-0.4, -0.2) is 97.3 Å². The summed E-state index contributed by atoms with van der Waals surface area (Å²) in [7, 11) is -3.40. The van der Waals surface area contributed by atoms with E-state index < -0.39 is 58.2 Å². The molecule has 6 N–H and O–H groups in total. The number of oxime groups is 1. The number of carbonyl (C=O) groups is 3. The molecule has 0 spiro atoms. The quantitative estimate of drug-likeness (QED) is 0.0334. The summed E-state index contributed by atoms with van der Waals surface area (Å²) in [5, 5.41) is 25.5. The van der Waals surface area contributed by atoms with Crippen molar-refractivity contribution in [2.24, 2.45) is 17.9 Å². The first-order valence-electron chi connectivity index (χ1n) is 13.3. The largest absolute Gasteiger partial charge is 0.724 e. The molecule has 1 aliphatic rings. The van der Waals surface area contributed by atoms with E-state index >= 15 is 0 Å². The maximum Gasteiger partial charge on any atom is 0.351 e. The summed E-state index contributed by atoms with van der Waals surface area (Å²) in [6.45, 7) is 3.32. The van der Waals surface area contributed by atoms with Crippen molar-refractivity contribution >= 4 is 50.4 Å². The summed E-state index contributed by atoms with van der Waals surface area (Å²) in [6, 6.07) is 1.76. The molecule has 0 saturated carbocycles. The van der Waals surface area contributed by atoms with Gasteiger partial charge in [-0.05, 0) is 32.9 Å². The Kier molecular flexibility index (Phi) is 10.2. The number of anilines is 1. The number of aromatic nitrogens is 5. The fraction of sp³-hybridized carbons (Fsp3) is 0.417. The molecular weight excluding hydrogens is 652 g/mol. The van der Waals surface area contributed by atoms with Crippen LogP contribution in [0.5, 0.6) is 5.88 Å². The number of amides is 2. The predicted octanol–water partition coefficient (Wildman–Crippen LogP) is -2.09. The molecule has 2 atom stereocenters. The molecule has 0 aliphatic carbocycles. The lowest BCUT2D eigenvalue weighted by Crippen LogP contribution is -2.76. The third kappa shape index (κ3) is 7.89. The van der Waals surface area contributed by atoms with E-state index in [1.165, 1.54) is 25.3 Å². The number of carboxylic acids is 1. The van der Waals surface area contributed by atoms with Crippen LogP contribution < -0.4 is 26.2 Å². The average Bonchev–Trinajstić information content (AvgIpc) is 3.59. The summed E-state index contributed by atoms with van der Waals surface area (Å²) in [5.41, 5.74) is 10.4. The Morgan fingerprint density at radius 3 is 2.63 bits per heavy atom. The van der Waals surface area contributed by atoms with E-state index in [0.29, 0.717) is 17.3 Å². The molecule has 4 heterocycles. The Balaban J connectivity index is 1.44. The Morgan fingerprint density at radius 1 is 1.33 bits per heavy atom. The number of ether oxygens (including phenoxy) is 1. The van der Waals surface area contributed by atoms with Crippen LogP contribution in [-0.2, 0) is 47.5 Å². The van der Waals surface area contributed by atoms with E-state index in [2.05, 4.69) is 29.9 Å². The van der Waals surface area contributed by atoms with Crippen LogP contribution in [0.15, 0.2) is 35.1 Å². The monoisotopic (exact) mass is 682 g/mol. The van der Waals surface area contributed by atoms with Crippen molar-refractivity contribution in [1.29, 1.82) is 0 Å². The van der Waals surface area contributed by atoms with Crippen LogP contribution in [0.25, 0.3) is 11.3 Å². The maximum atomic E-state index is 13.2. The first kappa shape index (κ1) is 34.1. The fourth-order valence-corrected chi connectivity index (χ4v) is 5.16. The molecule has 3 aromatic heterocycles. The van der Waals surface area contributed by atoms with E-state index in [1.54, 1.807) is 6.07 Å². The van der Waals surface area contributed by atoms with Gasteiger partial charge in [0.25, 0.3) is 17.9 Å². The Hall–Kier alpha value is -4.77. The number of rotatable bonds is 15. The van der Waals surface area contributed by atoms with E-state index in [9.17, 15) is 32.5 Å². The summed E-state index contributed by atoms with van der Waals surface area (Å²) in [6.07, 6.45) is 2.80. The van der Waals surface area contributed by atoms with Crippen molar-refractivity contribution in [3.05, 3.63) is 35.6 Å². The zero-order valence-electron chi connectivity index (χ0n) is 24.6. The molecule has 46 heavy (non-hydrogen) atoms. The number of carboxylic acid groups (broad SMARTS) is 1. The third-order valence-corrected chi connectivity index (χ3v) is 7.58. The molecule has 0 bridgehead atoms. The van der Waals surface area contributed by atoms with Crippen molar-refractivity contribution in [2.45, 2.75) is 44.5 Å². The highest BCUT2D eigenvalue weighted by Crippen LogP contribution is 2.33. The van der Waals surface area contributed by atoms with E-state index in [1.807, 2.05) is 28.8 Å². The second kappa shape index (κ2) is 13.7. The molecule has 0 radical (unpaired) electrons. The smallest absolute Gasteiger partial charge is 0.351 e. The molecule has 1 fully saturated rings. The number of hydrogen-bond acceptors (Lipinski definition) is 16. The van der Waals surface area contributed by atoms with Crippen LogP contribution >= 0.6 is 11.3 Å². The lowest BCUT2D eigenvalue weighted by Gasteiger charge is -2.51. The van der Waals surface area contributed by atoms with Gasteiger partial charge in [-0.1, -0.05) is 5.16 Å². The number of nitrogens with zero attached hydrogens (tertiary/aromatic N) is 7. The van der Waals surface area contributed by atoms with Gasteiger partial charge < -0.3 is 36.0 Å². The molecule has 0 aromatic carbocycles. The molecule has 248 valence electrons. The molecule has 20 nitrogen and oxygen atoms in total. The van der Waals surface area contributed by atoms with E-state index in [4.69, 9.17) is 21.0 Å². The number of nitrogens with one attached hydrogen (secondary N) is 1. The average molecular weight is 683 g/mol. The maximum absolute atomic E-state index is 13.2. The second-order valence-corrected chi connectivity index (χ2v) is 12.1. The number of carbonyl (C=O) groups excluding carboxylic acids is 2. The minimum absolute atomic E-state index is 0.0163. The third-order valence-electron chi connectivity index (χ3n) is 6.57. The number of β-lactam (4-membered cyclic amide) rings is 1. The van der Waals surface area contributed by atoms with Crippen LogP contribution in [0.1, 0.15) is 26.0 Å². The highest BCUT2D eigenvalue weighted by molar-refractivity contribution is 7.80. The number of nitrogen functional groups attached to an aromatic ring is 1. The van der Waals surface area contributed by atoms with Gasteiger partial charge in [-0.15, -0.1) is 26.2 Å². The normalized spacial score (nSPS) is 16.9. The van der Waals surface area contributed by atoms with Gasteiger partial charge in [0.05, 0.1) is 23.8 Å². The van der Waals surface area contributed by atoms with Gasteiger partial charge in [0, 0.05) is 11.4 Å². The number of thiazole rings is 1. The van der Waals surface area contributed by atoms with Crippen molar-refractivity contribution in [3.8, 4) is 17.1 Å². The zero-order valence-corrected chi connectivity index (χ0v) is 26.2. The fourth-order valence-electron chi connectivity index (χ4n) is 4.16. The first-order valence-corrected chi connectivity index (χ1v) is 15.5. The SMILES string of the molecule is C[n+]1cc(-c2ccc(OC[C@H](O/N=C(\C(=O)NC3C(=O)N(OS(=O)(=O)[O-])C3(C)C)c3csc(N)n3)C(=O)O)nn2)cn1CCCN. The Labute approximate surface area is 265 Å². The van der Waals surface area contributed by atoms with Gasteiger partial charge in [0.1, 0.15) is 24.0 Å². The van der Waals surface area contributed by atoms with Gasteiger partial charge in [0.15, 0.2) is 17.9 Å².